The highest BCUT2D eigenvalue weighted by Crippen LogP contribution is 2.32. The van der Waals surface area contributed by atoms with Crippen LogP contribution in [0.5, 0.6) is 11.5 Å². The van der Waals surface area contributed by atoms with E-state index in [1.807, 2.05) is 30.3 Å². The van der Waals surface area contributed by atoms with Crippen LogP contribution in [0, 0.1) is 5.82 Å². The molecule has 1 aliphatic heterocycles. The molecule has 1 aliphatic rings. The highest BCUT2D eigenvalue weighted by atomic mass is 19.1. The number of piperazine rings is 1. The summed E-state index contributed by atoms with van der Waals surface area (Å²) in [5.74, 6) is 1.66. The fourth-order valence-electron chi connectivity index (χ4n) is 3.55. The number of urea groups is 1. The van der Waals surface area contributed by atoms with Crippen LogP contribution in [0.25, 0.3) is 11.3 Å². The number of amides is 2. The molecule has 4 rings (SSSR count). The van der Waals surface area contributed by atoms with Gasteiger partial charge in [0.25, 0.3) is 0 Å². The molecule has 0 spiro atoms. The Bertz CT molecular complexity index is 1090. The van der Waals surface area contributed by atoms with E-state index < -0.39 is 5.82 Å². The SMILES string of the molecule is COc1ccc(OC)c(-c2ccc(N3CCN(C(=O)Nc4ccccc4F)CC3)nn2)c1. The fraction of sp³-hybridized carbons (Fsp3) is 0.261. The van der Waals surface area contributed by atoms with Crippen molar-refractivity contribution >= 4 is 17.5 Å². The quantitative estimate of drug-likeness (QED) is 0.656. The molecule has 0 aliphatic carbocycles. The molecule has 2 aromatic carbocycles. The van der Waals surface area contributed by atoms with Crippen LogP contribution >= 0.6 is 0 Å². The van der Waals surface area contributed by atoms with E-state index in [2.05, 4.69) is 20.4 Å². The topological polar surface area (TPSA) is 79.8 Å². The van der Waals surface area contributed by atoms with Gasteiger partial charge in [-0.25, -0.2) is 9.18 Å². The molecule has 0 atom stereocenters. The molecule has 32 heavy (non-hydrogen) atoms. The van der Waals surface area contributed by atoms with Crippen molar-refractivity contribution in [3.63, 3.8) is 0 Å². The zero-order valence-electron chi connectivity index (χ0n) is 17.9. The Morgan fingerprint density at radius 3 is 2.41 bits per heavy atom. The number of hydrogen-bond acceptors (Lipinski definition) is 6. The van der Waals surface area contributed by atoms with Crippen molar-refractivity contribution in [1.29, 1.82) is 0 Å². The van der Waals surface area contributed by atoms with Gasteiger partial charge in [-0.3, -0.25) is 0 Å². The highest BCUT2D eigenvalue weighted by molar-refractivity contribution is 5.89. The van der Waals surface area contributed by atoms with E-state index in [-0.39, 0.29) is 11.7 Å². The van der Waals surface area contributed by atoms with Gasteiger partial charge in [0.1, 0.15) is 17.3 Å². The molecule has 8 nitrogen and oxygen atoms in total. The zero-order valence-corrected chi connectivity index (χ0v) is 17.9. The number of hydrogen-bond donors (Lipinski definition) is 1. The van der Waals surface area contributed by atoms with E-state index in [4.69, 9.17) is 9.47 Å². The van der Waals surface area contributed by atoms with Gasteiger partial charge in [0.2, 0.25) is 0 Å². The number of ether oxygens (including phenoxy) is 2. The Labute approximate surface area is 185 Å². The molecule has 1 saturated heterocycles. The third kappa shape index (κ3) is 4.56. The maximum atomic E-state index is 13.8. The van der Waals surface area contributed by atoms with Crippen molar-refractivity contribution < 1.29 is 18.7 Å². The second-order valence-corrected chi connectivity index (χ2v) is 7.23. The Balaban J connectivity index is 1.39. The second kappa shape index (κ2) is 9.51. The Morgan fingerprint density at radius 2 is 1.75 bits per heavy atom. The molecule has 1 aromatic heterocycles. The fourth-order valence-corrected chi connectivity index (χ4v) is 3.55. The number of rotatable bonds is 5. The van der Waals surface area contributed by atoms with Crippen LogP contribution in [0.1, 0.15) is 0 Å². The monoisotopic (exact) mass is 437 g/mol. The summed E-state index contributed by atoms with van der Waals surface area (Å²) in [5.41, 5.74) is 1.64. The minimum atomic E-state index is -0.456. The molecule has 0 radical (unpaired) electrons. The summed E-state index contributed by atoms with van der Waals surface area (Å²) >= 11 is 0. The standard InChI is InChI=1S/C23H24FN5O3/c1-31-16-7-9-21(32-2)17(15-16)19-8-10-22(27-26-19)28-11-13-29(14-12-28)23(30)25-20-6-4-3-5-18(20)24/h3-10,15H,11-14H2,1-2H3,(H,25,30). The summed E-state index contributed by atoms with van der Waals surface area (Å²) in [7, 11) is 3.21. The van der Waals surface area contributed by atoms with Gasteiger partial charge >= 0.3 is 6.03 Å². The van der Waals surface area contributed by atoms with Crippen molar-refractivity contribution in [2.45, 2.75) is 0 Å². The number of halogens is 1. The van der Waals surface area contributed by atoms with Gasteiger partial charge in [-0.1, -0.05) is 12.1 Å². The van der Waals surface area contributed by atoms with Crippen LogP contribution in [-0.2, 0) is 0 Å². The molecule has 0 bridgehead atoms. The van der Waals surface area contributed by atoms with Crippen LogP contribution in [0.15, 0.2) is 54.6 Å². The lowest BCUT2D eigenvalue weighted by molar-refractivity contribution is 0.208. The number of carbonyl (C=O) groups excluding carboxylic acids is 1. The number of nitrogens with one attached hydrogen (secondary N) is 1. The van der Waals surface area contributed by atoms with Crippen LogP contribution < -0.4 is 19.7 Å². The van der Waals surface area contributed by atoms with Crippen LogP contribution in [0.4, 0.5) is 20.7 Å². The summed E-state index contributed by atoms with van der Waals surface area (Å²) in [6.07, 6.45) is 0. The minimum absolute atomic E-state index is 0.175. The van der Waals surface area contributed by atoms with E-state index in [9.17, 15) is 9.18 Å². The maximum absolute atomic E-state index is 13.8. The van der Waals surface area contributed by atoms with Crippen molar-refractivity contribution in [3.05, 3.63) is 60.4 Å². The van der Waals surface area contributed by atoms with E-state index >= 15 is 0 Å². The van der Waals surface area contributed by atoms with Gasteiger partial charge in [-0.05, 0) is 42.5 Å². The first-order valence-electron chi connectivity index (χ1n) is 10.2. The Morgan fingerprint density at radius 1 is 0.969 bits per heavy atom. The number of anilines is 2. The highest BCUT2D eigenvalue weighted by Gasteiger charge is 2.23. The second-order valence-electron chi connectivity index (χ2n) is 7.23. The van der Waals surface area contributed by atoms with E-state index in [0.717, 1.165) is 11.4 Å². The van der Waals surface area contributed by atoms with Crippen molar-refractivity contribution in [1.82, 2.24) is 15.1 Å². The van der Waals surface area contributed by atoms with Gasteiger partial charge in [-0.15, -0.1) is 10.2 Å². The molecule has 0 unspecified atom stereocenters. The minimum Gasteiger partial charge on any atom is -0.497 e. The average Bonchev–Trinajstić information content (AvgIpc) is 2.85. The molecule has 1 N–H and O–H groups in total. The van der Waals surface area contributed by atoms with Gasteiger partial charge < -0.3 is 24.6 Å². The largest absolute Gasteiger partial charge is 0.497 e. The van der Waals surface area contributed by atoms with Gasteiger partial charge in [0.15, 0.2) is 5.82 Å². The van der Waals surface area contributed by atoms with Gasteiger partial charge in [0.05, 0.1) is 25.6 Å². The summed E-state index contributed by atoms with van der Waals surface area (Å²) in [6.45, 7) is 2.18. The average molecular weight is 437 g/mol. The number of methoxy groups -OCH3 is 2. The summed E-state index contributed by atoms with van der Waals surface area (Å²) in [5, 5.41) is 11.4. The van der Waals surface area contributed by atoms with E-state index in [1.54, 1.807) is 31.3 Å². The lowest BCUT2D eigenvalue weighted by atomic mass is 10.1. The van der Waals surface area contributed by atoms with Crippen molar-refractivity contribution in [3.8, 4) is 22.8 Å². The Kier molecular flexibility index (Phi) is 6.34. The molecule has 2 amide bonds. The molecule has 3 aromatic rings. The lowest BCUT2D eigenvalue weighted by Crippen LogP contribution is -2.50. The summed E-state index contributed by atoms with van der Waals surface area (Å²) in [6, 6.07) is 15.1. The number of aromatic nitrogens is 2. The third-order valence-electron chi connectivity index (χ3n) is 5.34. The molecule has 166 valence electrons. The number of carbonyl (C=O) groups is 1. The predicted octanol–water partition coefficient (Wildman–Crippen LogP) is 3.65. The van der Waals surface area contributed by atoms with Crippen LogP contribution in [0.2, 0.25) is 0 Å². The number of benzene rings is 2. The molecule has 1 fully saturated rings. The van der Waals surface area contributed by atoms with E-state index in [0.29, 0.717) is 43.4 Å². The third-order valence-corrected chi connectivity index (χ3v) is 5.34. The first-order valence-corrected chi connectivity index (χ1v) is 10.2. The normalized spacial score (nSPS) is 13.6. The summed E-state index contributed by atoms with van der Waals surface area (Å²) < 4.78 is 24.5. The molecular weight excluding hydrogens is 413 g/mol. The van der Waals surface area contributed by atoms with Gasteiger partial charge in [-0.2, -0.15) is 0 Å². The van der Waals surface area contributed by atoms with Crippen molar-refractivity contribution in [2.24, 2.45) is 0 Å². The van der Waals surface area contributed by atoms with Crippen LogP contribution in [0.3, 0.4) is 0 Å². The number of nitrogens with zero attached hydrogens (tertiary/aromatic N) is 4. The molecule has 9 heteroatoms. The smallest absolute Gasteiger partial charge is 0.322 e. The zero-order chi connectivity index (χ0) is 22.5. The first-order chi connectivity index (χ1) is 15.6. The molecule has 0 saturated carbocycles. The summed E-state index contributed by atoms with van der Waals surface area (Å²) in [4.78, 5) is 16.2. The Hall–Kier alpha value is -3.88. The van der Waals surface area contributed by atoms with E-state index in [1.165, 1.54) is 12.1 Å². The van der Waals surface area contributed by atoms with Crippen molar-refractivity contribution in [2.75, 3.05) is 50.6 Å². The molecular formula is C23H24FN5O3. The predicted molar refractivity (Wildman–Crippen MR) is 120 cm³/mol. The first kappa shape index (κ1) is 21.4. The lowest BCUT2D eigenvalue weighted by Gasteiger charge is -2.35. The molecule has 2 heterocycles. The van der Waals surface area contributed by atoms with Crippen LogP contribution in [-0.4, -0.2) is 61.5 Å². The maximum Gasteiger partial charge on any atom is 0.322 e. The van der Waals surface area contributed by atoms with Gasteiger partial charge in [0, 0.05) is 31.7 Å². The number of para-hydroxylation sites is 1.